The molecule has 1 saturated carbocycles. The molecule has 18 heavy (non-hydrogen) atoms. The third kappa shape index (κ3) is 3.87. The Labute approximate surface area is 105 Å². The molecule has 6 nitrogen and oxygen atoms in total. The fraction of sp³-hybridized carbons (Fsp3) is 0.583. The summed E-state index contributed by atoms with van der Waals surface area (Å²) in [7, 11) is 0. The fourth-order valence-electron chi connectivity index (χ4n) is 1.82. The molecular formula is C12H17N3O3. The number of amides is 3. The SMILES string of the molecule is O=C(C[C@@H]1C=CCC1)NNC(=O)C(=O)NC1CC1. The van der Waals surface area contributed by atoms with Crippen LogP contribution in [0.1, 0.15) is 32.1 Å². The summed E-state index contributed by atoms with van der Waals surface area (Å²) in [5.41, 5.74) is 4.37. The zero-order valence-electron chi connectivity index (χ0n) is 10.1. The van der Waals surface area contributed by atoms with Crippen LogP contribution in [-0.4, -0.2) is 23.8 Å². The molecule has 0 saturated heterocycles. The summed E-state index contributed by atoms with van der Waals surface area (Å²) in [5, 5.41) is 2.54. The first-order valence-electron chi connectivity index (χ1n) is 6.21. The summed E-state index contributed by atoms with van der Waals surface area (Å²) in [6.45, 7) is 0. The van der Waals surface area contributed by atoms with Crippen molar-refractivity contribution in [1.29, 1.82) is 0 Å². The van der Waals surface area contributed by atoms with Gasteiger partial charge in [-0.1, -0.05) is 12.2 Å². The van der Waals surface area contributed by atoms with E-state index in [-0.39, 0.29) is 17.9 Å². The molecular weight excluding hydrogens is 234 g/mol. The van der Waals surface area contributed by atoms with Gasteiger partial charge in [0.1, 0.15) is 0 Å². The van der Waals surface area contributed by atoms with Gasteiger partial charge in [0.25, 0.3) is 0 Å². The van der Waals surface area contributed by atoms with Crippen LogP contribution in [0.2, 0.25) is 0 Å². The Kier molecular flexibility index (Phi) is 3.96. The maximum absolute atomic E-state index is 11.5. The van der Waals surface area contributed by atoms with Crippen LogP contribution in [-0.2, 0) is 14.4 Å². The Hall–Kier alpha value is -1.85. The first-order chi connectivity index (χ1) is 8.65. The smallest absolute Gasteiger partial charge is 0.327 e. The van der Waals surface area contributed by atoms with Crippen molar-refractivity contribution >= 4 is 17.7 Å². The molecule has 98 valence electrons. The monoisotopic (exact) mass is 251 g/mol. The number of hydrogen-bond donors (Lipinski definition) is 3. The molecule has 0 heterocycles. The largest absolute Gasteiger partial charge is 0.345 e. The van der Waals surface area contributed by atoms with Gasteiger partial charge in [-0.2, -0.15) is 0 Å². The second kappa shape index (κ2) is 5.66. The lowest BCUT2D eigenvalue weighted by molar-refractivity contribution is -0.141. The van der Waals surface area contributed by atoms with Gasteiger partial charge in [-0.25, -0.2) is 0 Å². The summed E-state index contributed by atoms with van der Waals surface area (Å²) in [6, 6.07) is 0.127. The van der Waals surface area contributed by atoms with E-state index in [9.17, 15) is 14.4 Å². The van der Waals surface area contributed by atoms with Crippen LogP contribution in [0.5, 0.6) is 0 Å². The number of nitrogens with one attached hydrogen (secondary N) is 3. The molecule has 2 aliphatic rings. The second-order valence-electron chi connectivity index (χ2n) is 4.72. The minimum Gasteiger partial charge on any atom is -0.345 e. The van der Waals surface area contributed by atoms with E-state index in [1.807, 2.05) is 12.2 Å². The molecule has 1 atom stereocenters. The van der Waals surface area contributed by atoms with Crippen LogP contribution in [0.4, 0.5) is 0 Å². The van der Waals surface area contributed by atoms with Gasteiger partial charge in [0, 0.05) is 12.5 Å². The standard InChI is InChI=1S/C12H17N3O3/c16-10(7-8-3-1-2-4-8)14-15-12(18)11(17)13-9-5-6-9/h1,3,8-9H,2,4-7H2,(H,13,17)(H,14,16)(H,15,18)/t8-/m1/s1. The van der Waals surface area contributed by atoms with Crippen LogP contribution >= 0.6 is 0 Å². The van der Waals surface area contributed by atoms with E-state index >= 15 is 0 Å². The Morgan fingerprint density at radius 1 is 1.06 bits per heavy atom. The van der Waals surface area contributed by atoms with Crippen molar-refractivity contribution in [3.63, 3.8) is 0 Å². The number of rotatable bonds is 3. The van der Waals surface area contributed by atoms with Crippen molar-refractivity contribution in [3.05, 3.63) is 12.2 Å². The van der Waals surface area contributed by atoms with Crippen LogP contribution in [0.3, 0.4) is 0 Å². The predicted octanol–water partition coefficient (Wildman–Crippen LogP) is -0.231. The lowest BCUT2D eigenvalue weighted by Gasteiger charge is -2.09. The maximum Gasteiger partial charge on any atom is 0.327 e. The third-order valence-corrected chi connectivity index (χ3v) is 2.99. The van der Waals surface area contributed by atoms with Crippen molar-refractivity contribution in [2.24, 2.45) is 5.92 Å². The van der Waals surface area contributed by atoms with Gasteiger partial charge in [-0.3, -0.25) is 25.2 Å². The molecule has 0 aromatic carbocycles. The van der Waals surface area contributed by atoms with Crippen LogP contribution in [0.15, 0.2) is 12.2 Å². The normalized spacial score (nSPS) is 21.4. The lowest BCUT2D eigenvalue weighted by Crippen LogP contribution is -2.49. The summed E-state index contributed by atoms with van der Waals surface area (Å²) >= 11 is 0. The fourth-order valence-corrected chi connectivity index (χ4v) is 1.82. The summed E-state index contributed by atoms with van der Waals surface area (Å²) in [6.07, 6.45) is 8.16. The summed E-state index contributed by atoms with van der Waals surface area (Å²) in [4.78, 5) is 34.0. The number of carbonyl (C=O) groups excluding carboxylic acids is 3. The van der Waals surface area contributed by atoms with Gasteiger partial charge in [-0.15, -0.1) is 0 Å². The van der Waals surface area contributed by atoms with Crippen molar-refractivity contribution in [1.82, 2.24) is 16.2 Å². The zero-order chi connectivity index (χ0) is 13.0. The van der Waals surface area contributed by atoms with Crippen molar-refractivity contribution in [2.75, 3.05) is 0 Å². The molecule has 2 aliphatic carbocycles. The average Bonchev–Trinajstić information content (AvgIpc) is 3.00. The van der Waals surface area contributed by atoms with Gasteiger partial charge in [-0.05, 0) is 31.6 Å². The van der Waals surface area contributed by atoms with Crippen LogP contribution < -0.4 is 16.2 Å². The summed E-state index contributed by atoms with van der Waals surface area (Å²) in [5.74, 6) is -1.56. The highest BCUT2D eigenvalue weighted by Gasteiger charge is 2.26. The van der Waals surface area contributed by atoms with E-state index in [0.717, 1.165) is 25.7 Å². The molecule has 0 unspecified atom stereocenters. The molecule has 3 N–H and O–H groups in total. The molecule has 6 heteroatoms. The van der Waals surface area contributed by atoms with Crippen LogP contribution in [0.25, 0.3) is 0 Å². The Morgan fingerprint density at radius 3 is 2.44 bits per heavy atom. The van der Waals surface area contributed by atoms with Gasteiger partial charge in [0.15, 0.2) is 0 Å². The van der Waals surface area contributed by atoms with E-state index in [0.29, 0.717) is 6.42 Å². The van der Waals surface area contributed by atoms with E-state index < -0.39 is 11.8 Å². The Morgan fingerprint density at radius 2 is 1.83 bits per heavy atom. The Bertz CT molecular complexity index is 388. The molecule has 0 bridgehead atoms. The second-order valence-corrected chi connectivity index (χ2v) is 4.72. The van der Waals surface area contributed by atoms with E-state index in [4.69, 9.17) is 0 Å². The number of hydrogen-bond acceptors (Lipinski definition) is 3. The number of allylic oxidation sites excluding steroid dienone is 2. The van der Waals surface area contributed by atoms with E-state index in [2.05, 4.69) is 16.2 Å². The molecule has 3 amide bonds. The zero-order valence-corrected chi connectivity index (χ0v) is 10.1. The minimum absolute atomic E-state index is 0.127. The first-order valence-corrected chi connectivity index (χ1v) is 6.21. The van der Waals surface area contributed by atoms with Crippen molar-refractivity contribution in [3.8, 4) is 0 Å². The van der Waals surface area contributed by atoms with Gasteiger partial charge < -0.3 is 5.32 Å². The highest BCUT2D eigenvalue weighted by Crippen LogP contribution is 2.19. The molecule has 0 aromatic rings. The molecule has 1 fully saturated rings. The first kappa shape index (κ1) is 12.6. The highest BCUT2D eigenvalue weighted by molar-refractivity contribution is 6.35. The molecule has 0 aromatic heterocycles. The molecule has 2 rings (SSSR count). The average molecular weight is 251 g/mol. The molecule has 0 spiro atoms. The lowest BCUT2D eigenvalue weighted by atomic mass is 10.1. The maximum atomic E-state index is 11.5. The van der Waals surface area contributed by atoms with E-state index in [1.165, 1.54) is 0 Å². The van der Waals surface area contributed by atoms with Crippen molar-refractivity contribution in [2.45, 2.75) is 38.1 Å². The van der Waals surface area contributed by atoms with Gasteiger partial charge >= 0.3 is 11.8 Å². The minimum atomic E-state index is -0.822. The quantitative estimate of drug-likeness (QED) is 0.368. The predicted molar refractivity (Wildman–Crippen MR) is 63.9 cm³/mol. The van der Waals surface area contributed by atoms with Gasteiger partial charge in [0.05, 0.1) is 0 Å². The van der Waals surface area contributed by atoms with Gasteiger partial charge in [0.2, 0.25) is 5.91 Å². The van der Waals surface area contributed by atoms with Crippen molar-refractivity contribution < 1.29 is 14.4 Å². The third-order valence-electron chi connectivity index (χ3n) is 2.99. The van der Waals surface area contributed by atoms with E-state index in [1.54, 1.807) is 0 Å². The molecule has 0 radical (unpaired) electrons. The summed E-state index contributed by atoms with van der Waals surface area (Å²) < 4.78 is 0. The number of hydrazine groups is 1. The topological polar surface area (TPSA) is 87.3 Å². The molecule has 0 aliphatic heterocycles. The number of carbonyl (C=O) groups is 3. The van der Waals surface area contributed by atoms with Crippen LogP contribution in [0, 0.1) is 5.92 Å². The Balaban J connectivity index is 1.63. The highest BCUT2D eigenvalue weighted by atomic mass is 16.2.